The van der Waals surface area contributed by atoms with Gasteiger partial charge in [-0.1, -0.05) is 77.6 Å². The molecule has 0 N–H and O–H groups in total. The zero-order valence-electron chi connectivity index (χ0n) is 16.8. The summed E-state index contributed by atoms with van der Waals surface area (Å²) in [5.41, 5.74) is -0.738. The third kappa shape index (κ3) is 13.6. The van der Waals surface area contributed by atoms with Crippen molar-refractivity contribution in [2.75, 3.05) is 0 Å². The van der Waals surface area contributed by atoms with Gasteiger partial charge < -0.3 is 4.74 Å². The Balaban J connectivity index is 3.58. The van der Waals surface area contributed by atoms with E-state index in [0.29, 0.717) is 0 Å². The number of hydrogen-bond donors (Lipinski definition) is 0. The van der Waals surface area contributed by atoms with Gasteiger partial charge in [-0.05, 0) is 41.0 Å². The minimum absolute atomic E-state index is 0.0583. The highest BCUT2D eigenvalue weighted by molar-refractivity contribution is 5.76. The molecule has 0 fully saturated rings. The third-order valence-electron chi connectivity index (χ3n) is 4.36. The number of rotatable bonds is 13. The molecule has 23 heavy (non-hydrogen) atoms. The Morgan fingerprint density at radius 2 is 1.09 bits per heavy atom. The van der Waals surface area contributed by atoms with E-state index < -0.39 is 0 Å². The monoisotopic (exact) mass is 326 g/mol. The fourth-order valence-electron chi connectivity index (χ4n) is 2.75. The van der Waals surface area contributed by atoms with Crippen molar-refractivity contribution in [1.82, 2.24) is 0 Å². The smallest absolute Gasteiger partial charge is 0.312 e. The summed E-state index contributed by atoms with van der Waals surface area (Å²) in [7, 11) is 0. The molecule has 2 nitrogen and oxygen atoms in total. The second-order valence-corrected chi connectivity index (χ2v) is 8.67. The number of esters is 1. The summed E-state index contributed by atoms with van der Waals surface area (Å²) >= 11 is 0. The molecular weight excluding hydrogens is 284 g/mol. The topological polar surface area (TPSA) is 26.3 Å². The van der Waals surface area contributed by atoms with Crippen molar-refractivity contribution in [2.24, 2.45) is 5.41 Å². The molecule has 0 aromatic heterocycles. The van der Waals surface area contributed by atoms with Gasteiger partial charge >= 0.3 is 5.97 Å². The van der Waals surface area contributed by atoms with E-state index in [-0.39, 0.29) is 17.0 Å². The lowest BCUT2D eigenvalue weighted by atomic mass is 9.86. The van der Waals surface area contributed by atoms with Crippen molar-refractivity contribution in [3.05, 3.63) is 0 Å². The van der Waals surface area contributed by atoms with E-state index >= 15 is 0 Å². The molecule has 0 aromatic carbocycles. The average molecular weight is 327 g/mol. The molecule has 0 saturated heterocycles. The minimum Gasteiger partial charge on any atom is -0.460 e. The van der Waals surface area contributed by atoms with Crippen LogP contribution >= 0.6 is 0 Å². The molecule has 0 radical (unpaired) electrons. The second kappa shape index (κ2) is 11.9. The van der Waals surface area contributed by atoms with Crippen LogP contribution in [0.15, 0.2) is 0 Å². The van der Waals surface area contributed by atoms with E-state index in [2.05, 4.69) is 6.92 Å². The molecule has 138 valence electrons. The highest BCUT2D eigenvalue weighted by Crippen LogP contribution is 2.28. The van der Waals surface area contributed by atoms with Gasteiger partial charge in [0.2, 0.25) is 0 Å². The van der Waals surface area contributed by atoms with Crippen molar-refractivity contribution < 1.29 is 9.53 Å². The van der Waals surface area contributed by atoms with Gasteiger partial charge in [-0.2, -0.15) is 0 Å². The van der Waals surface area contributed by atoms with Crippen molar-refractivity contribution in [3.8, 4) is 0 Å². The molecule has 0 aliphatic heterocycles. The average Bonchev–Trinajstić information content (AvgIpc) is 2.43. The number of hydrogen-bond acceptors (Lipinski definition) is 2. The maximum absolute atomic E-state index is 12.2. The van der Waals surface area contributed by atoms with E-state index in [4.69, 9.17) is 4.74 Å². The number of carbonyl (C=O) groups is 1. The molecule has 2 heteroatoms. The normalized spacial score (nSPS) is 12.4. The van der Waals surface area contributed by atoms with Crippen LogP contribution < -0.4 is 0 Å². The van der Waals surface area contributed by atoms with Gasteiger partial charge in [0.05, 0.1) is 5.41 Å². The van der Waals surface area contributed by atoms with Gasteiger partial charge in [-0.15, -0.1) is 0 Å². The first-order valence-electron chi connectivity index (χ1n) is 9.92. The summed E-state index contributed by atoms with van der Waals surface area (Å²) in [6.45, 7) is 12.1. The van der Waals surface area contributed by atoms with Crippen LogP contribution in [0.4, 0.5) is 0 Å². The Labute approximate surface area is 145 Å². The summed E-state index contributed by atoms with van der Waals surface area (Å²) in [5.74, 6) is -0.0583. The first kappa shape index (κ1) is 22.5. The van der Waals surface area contributed by atoms with E-state index in [1.165, 1.54) is 64.2 Å². The predicted molar refractivity (Wildman–Crippen MR) is 101 cm³/mol. The lowest BCUT2D eigenvalue weighted by Crippen LogP contribution is -2.33. The highest BCUT2D eigenvalue weighted by atomic mass is 16.6. The fourth-order valence-corrected chi connectivity index (χ4v) is 2.75. The quantitative estimate of drug-likeness (QED) is 0.267. The van der Waals surface area contributed by atoms with Crippen LogP contribution in [0.1, 0.15) is 119 Å². The Kier molecular flexibility index (Phi) is 11.6. The van der Waals surface area contributed by atoms with Crippen molar-refractivity contribution in [2.45, 2.75) is 124 Å². The van der Waals surface area contributed by atoms with Gasteiger partial charge in [-0.25, -0.2) is 0 Å². The summed E-state index contributed by atoms with van der Waals surface area (Å²) in [4.78, 5) is 12.2. The van der Waals surface area contributed by atoms with Crippen LogP contribution in [0.5, 0.6) is 0 Å². The fraction of sp³-hybridized carbons (Fsp3) is 0.952. The van der Waals surface area contributed by atoms with Gasteiger partial charge in [-0.3, -0.25) is 4.79 Å². The first-order chi connectivity index (χ1) is 10.7. The van der Waals surface area contributed by atoms with Crippen LogP contribution in [-0.2, 0) is 9.53 Å². The second-order valence-electron chi connectivity index (χ2n) is 8.67. The SMILES string of the molecule is CCCCCCCCCCCCCC(C)(C)C(=O)OC(C)(C)C. The van der Waals surface area contributed by atoms with Crippen molar-refractivity contribution in [1.29, 1.82) is 0 Å². The molecule has 0 saturated carbocycles. The van der Waals surface area contributed by atoms with Gasteiger partial charge in [0.15, 0.2) is 0 Å². The maximum Gasteiger partial charge on any atom is 0.312 e. The lowest BCUT2D eigenvalue weighted by molar-refractivity contribution is -0.166. The molecule has 0 unspecified atom stereocenters. The van der Waals surface area contributed by atoms with E-state index in [1.807, 2.05) is 34.6 Å². The molecule has 0 spiro atoms. The molecular formula is C21H42O2. The molecule has 0 aliphatic rings. The van der Waals surface area contributed by atoms with Gasteiger partial charge in [0.25, 0.3) is 0 Å². The molecule has 0 amide bonds. The molecule has 0 atom stereocenters. The van der Waals surface area contributed by atoms with Gasteiger partial charge in [0, 0.05) is 0 Å². The molecule has 0 rings (SSSR count). The summed E-state index contributed by atoms with van der Waals surface area (Å²) < 4.78 is 5.51. The van der Waals surface area contributed by atoms with Crippen molar-refractivity contribution >= 4 is 5.97 Å². The molecule has 0 aromatic rings. The molecule has 0 aliphatic carbocycles. The maximum atomic E-state index is 12.2. The Morgan fingerprint density at radius 1 is 0.696 bits per heavy atom. The lowest BCUT2D eigenvalue weighted by Gasteiger charge is -2.28. The summed E-state index contributed by atoms with van der Waals surface area (Å²) in [5, 5.41) is 0. The van der Waals surface area contributed by atoms with Crippen molar-refractivity contribution in [3.63, 3.8) is 0 Å². The summed E-state index contributed by atoms with van der Waals surface area (Å²) in [6, 6.07) is 0. The third-order valence-corrected chi connectivity index (χ3v) is 4.36. The number of unbranched alkanes of at least 4 members (excludes halogenated alkanes) is 10. The van der Waals surface area contributed by atoms with Crippen LogP contribution in [0, 0.1) is 5.41 Å². The standard InChI is InChI=1S/C21H42O2/c1-7-8-9-10-11-12-13-14-15-16-17-18-21(5,6)19(22)23-20(2,3)4/h7-18H2,1-6H3. The van der Waals surface area contributed by atoms with Gasteiger partial charge in [0.1, 0.15) is 5.60 Å². The Morgan fingerprint density at radius 3 is 1.48 bits per heavy atom. The van der Waals surface area contributed by atoms with E-state index in [9.17, 15) is 4.79 Å². The summed E-state index contributed by atoms with van der Waals surface area (Å²) in [6.07, 6.45) is 15.7. The molecule has 0 heterocycles. The minimum atomic E-state index is -0.383. The largest absolute Gasteiger partial charge is 0.460 e. The zero-order chi connectivity index (χ0) is 17.8. The highest BCUT2D eigenvalue weighted by Gasteiger charge is 2.31. The Hall–Kier alpha value is -0.530. The van der Waals surface area contributed by atoms with E-state index in [0.717, 1.165) is 12.8 Å². The van der Waals surface area contributed by atoms with Crippen LogP contribution in [0.3, 0.4) is 0 Å². The zero-order valence-corrected chi connectivity index (χ0v) is 16.8. The first-order valence-corrected chi connectivity index (χ1v) is 9.92. The van der Waals surface area contributed by atoms with Crippen LogP contribution in [0.2, 0.25) is 0 Å². The van der Waals surface area contributed by atoms with Crippen LogP contribution in [0.25, 0.3) is 0 Å². The number of ether oxygens (including phenoxy) is 1. The van der Waals surface area contributed by atoms with Crippen LogP contribution in [-0.4, -0.2) is 11.6 Å². The Bertz CT molecular complexity index is 299. The predicted octanol–water partition coefficient (Wildman–Crippen LogP) is 7.06. The molecule has 0 bridgehead atoms. The number of carbonyl (C=O) groups excluding carboxylic acids is 1. The van der Waals surface area contributed by atoms with E-state index in [1.54, 1.807) is 0 Å².